The predicted octanol–water partition coefficient (Wildman–Crippen LogP) is 3.47. The van der Waals surface area contributed by atoms with Gasteiger partial charge in [-0.3, -0.25) is 4.90 Å². The van der Waals surface area contributed by atoms with E-state index in [2.05, 4.69) is 54.4 Å². The molecule has 1 heterocycles. The molecule has 1 aromatic rings. The van der Waals surface area contributed by atoms with Gasteiger partial charge in [0.2, 0.25) is 0 Å². The molecular formula is C18H30N2. The molecule has 0 aromatic heterocycles. The Morgan fingerprint density at radius 2 is 1.75 bits per heavy atom. The average molecular weight is 274 g/mol. The van der Waals surface area contributed by atoms with Crippen LogP contribution in [0.2, 0.25) is 0 Å². The van der Waals surface area contributed by atoms with E-state index in [1.165, 1.54) is 50.8 Å². The number of aryl methyl sites for hydroxylation is 1. The Labute approximate surface area is 124 Å². The van der Waals surface area contributed by atoms with E-state index in [1.807, 2.05) is 0 Å². The molecule has 1 aliphatic heterocycles. The lowest BCUT2D eigenvalue weighted by Crippen LogP contribution is -2.45. The third-order valence-corrected chi connectivity index (χ3v) is 4.48. The predicted molar refractivity (Wildman–Crippen MR) is 87.1 cm³/mol. The quantitative estimate of drug-likeness (QED) is 0.819. The highest BCUT2D eigenvalue weighted by molar-refractivity contribution is 5.14. The maximum absolute atomic E-state index is 3.71. The number of hydrogen-bond acceptors (Lipinski definition) is 2. The van der Waals surface area contributed by atoms with Gasteiger partial charge in [0.25, 0.3) is 0 Å². The van der Waals surface area contributed by atoms with Crippen LogP contribution in [-0.2, 0) is 6.42 Å². The van der Waals surface area contributed by atoms with Gasteiger partial charge in [-0.15, -0.1) is 0 Å². The molecule has 0 amide bonds. The van der Waals surface area contributed by atoms with Crippen LogP contribution < -0.4 is 5.32 Å². The zero-order valence-corrected chi connectivity index (χ0v) is 13.1. The summed E-state index contributed by atoms with van der Waals surface area (Å²) < 4.78 is 0. The Morgan fingerprint density at radius 3 is 2.45 bits per heavy atom. The van der Waals surface area contributed by atoms with E-state index in [0.29, 0.717) is 12.1 Å². The van der Waals surface area contributed by atoms with Gasteiger partial charge >= 0.3 is 0 Å². The molecule has 2 unspecified atom stereocenters. The standard InChI is InChI=1S/C18H30N2/c1-16(11-12-18-9-5-3-6-10-18)19-15-17(2)20-13-7-4-8-14-20/h3,5-6,9-10,16-17,19H,4,7-8,11-15H2,1-2H3. The second kappa shape index (κ2) is 8.43. The number of rotatable bonds is 7. The maximum Gasteiger partial charge on any atom is 0.0192 e. The molecule has 1 fully saturated rings. The Kier molecular flexibility index (Phi) is 6.55. The fraction of sp³-hybridized carbons (Fsp3) is 0.667. The first-order chi connectivity index (χ1) is 9.75. The van der Waals surface area contributed by atoms with Crippen LogP contribution >= 0.6 is 0 Å². The molecule has 1 N–H and O–H groups in total. The van der Waals surface area contributed by atoms with Crippen molar-refractivity contribution in [2.75, 3.05) is 19.6 Å². The van der Waals surface area contributed by atoms with Crippen LogP contribution in [0, 0.1) is 0 Å². The molecule has 1 saturated heterocycles. The minimum atomic E-state index is 0.599. The zero-order chi connectivity index (χ0) is 14.2. The molecular weight excluding hydrogens is 244 g/mol. The number of hydrogen-bond donors (Lipinski definition) is 1. The smallest absolute Gasteiger partial charge is 0.0192 e. The van der Waals surface area contributed by atoms with E-state index in [9.17, 15) is 0 Å². The minimum Gasteiger partial charge on any atom is -0.313 e. The molecule has 0 aliphatic carbocycles. The summed E-state index contributed by atoms with van der Waals surface area (Å²) in [6.45, 7) is 8.38. The summed E-state index contributed by atoms with van der Waals surface area (Å²) in [5, 5.41) is 3.71. The van der Waals surface area contributed by atoms with Gasteiger partial charge in [-0.05, 0) is 58.2 Å². The van der Waals surface area contributed by atoms with Crippen molar-refractivity contribution < 1.29 is 0 Å². The highest BCUT2D eigenvalue weighted by Gasteiger charge is 2.16. The van der Waals surface area contributed by atoms with Crippen molar-refractivity contribution in [2.24, 2.45) is 0 Å². The van der Waals surface area contributed by atoms with Gasteiger partial charge in [0.15, 0.2) is 0 Å². The lowest BCUT2D eigenvalue weighted by molar-refractivity contribution is 0.168. The summed E-state index contributed by atoms with van der Waals surface area (Å²) in [6.07, 6.45) is 6.58. The molecule has 0 spiro atoms. The van der Waals surface area contributed by atoms with E-state index in [4.69, 9.17) is 0 Å². The normalized spacial score (nSPS) is 19.7. The van der Waals surface area contributed by atoms with Crippen LogP contribution in [0.3, 0.4) is 0 Å². The lowest BCUT2D eigenvalue weighted by atomic mass is 10.1. The first kappa shape index (κ1) is 15.5. The van der Waals surface area contributed by atoms with Crippen LogP contribution in [0.25, 0.3) is 0 Å². The first-order valence-corrected chi connectivity index (χ1v) is 8.27. The van der Waals surface area contributed by atoms with Crippen molar-refractivity contribution in [3.8, 4) is 0 Å². The molecule has 0 bridgehead atoms. The second-order valence-corrected chi connectivity index (χ2v) is 6.28. The summed E-state index contributed by atoms with van der Waals surface area (Å²) in [6, 6.07) is 12.1. The molecule has 20 heavy (non-hydrogen) atoms. The van der Waals surface area contributed by atoms with Gasteiger partial charge in [0.1, 0.15) is 0 Å². The van der Waals surface area contributed by atoms with Gasteiger partial charge in [0, 0.05) is 18.6 Å². The fourth-order valence-electron chi connectivity index (χ4n) is 2.99. The van der Waals surface area contributed by atoms with Crippen molar-refractivity contribution in [3.63, 3.8) is 0 Å². The Bertz CT molecular complexity index is 357. The second-order valence-electron chi connectivity index (χ2n) is 6.28. The summed E-state index contributed by atoms with van der Waals surface area (Å²) in [5.74, 6) is 0. The molecule has 2 atom stereocenters. The van der Waals surface area contributed by atoms with Crippen molar-refractivity contribution in [2.45, 2.75) is 58.0 Å². The number of nitrogens with zero attached hydrogens (tertiary/aromatic N) is 1. The van der Waals surface area contributed by atoms with Crippen LogP contribution in [-0.4, -0.2) is 36.6 Å². The molecule has 2 rings (SSSR count). The van der Waals surface area contributed by atoms with Crippen LogP contribution in [0.5, 0.6) is 0 Å². The number of nitrogens with one attached hydrogen (secondary N) is 1. The van der Waals surface area contributed by atoms with Crippen molar-refractivity contribution in [3.05, 3.63) is 35.9 Å². The summed E-state index contributed by atoms with van der Waals surface area (Å²) in [7, 11) is 0. The first-order valence-electron chi connectivity index (χ1n) is 8.27. The average Bonchev–Trinajstić information content (AvgIpc) is 2.52. The topological polar surface area (TPSA) is 15.3 Å². The number of piperidine rings is 1. The highest BCUT2D eigenvalue weighted by Crippen LogP contribution is 2.12. The van der Waals surface area contributed by atoms with Crippen LogP contribution in [0.15, 0.2) is 30.3 Å². The summed E-state index contributed by atoms with van der Waals surface area (Å²) in [5.41, 5.74) is 1.45. The molecule has 1 aliphatic rings. The number of likely N-dealkylation sites (tertiary alicyclic amines) is 1. The van der Waals surface area contributed by atoms with E-state index >= 15 is 0 Å². The molecule has 0 radical (unpaired) electrons. The maximum atomic E-state index is 3.71. The molecule has 0 saturated carbocycles. The van der Waals surface area contributed by atoms with E-state index in [1.54, 1.807) is 0 Å². The van der Waals surface area contributed by atoms with Gasteiger partial charge < -0.3 is 5.32 Å². The minimum absolute atomic E-state index is 0.599. The summed E-state index contributed by atoms with van der Waals surface area (Å²) in [4.78, 5) is 2.64. The van der Waals surface area contributed by atoms with Crippen molar-refractivity contribution in [1.82, 2.24) is 10.2 Å². The Morgan fingerprint density at radius 1 is 1.05 bits per heavy atom. The SMILES string of the molecule is CC(CCc1ccccc1)NCC(C)N1CCCCC1. The van der Waals surface area contributed by atoms with Gasteiger partial charge in [-0.25, -0.2) is 0 Å². The third-order valence-electron chi connectivity index (χ3n) is 4.48. The molecule has 2 nitrogen and oxygen atoms in total. The zero-order valence-electron chi connectivity index (χ0n) is 13.1. The summed E-state index contributed by atoms with van der Waals surface area (Å²) >= 11 is 0. The fourth-order valence-corrected chi connectivity index (χ4v) is 2.99. The van der Waals surface area contributed by atoms with Crippen molar-refractivity contribution in [1.29, 1.82) is 0 Å². The number of benzene rings is 1. The van der Waals surface area contributed by atoms with Crippen LogP contribution in [0.1, 0.15) is 45.1 Å². The molecule has 112 valence electrons. The monoisotopic (exact) mass is 274 g/mol. The Balaban J connectivity index is 1.63. The Hall–Kier alpha value is -0.860. The highest BCUT2D eigenvalue weighted by atomic mass is 15.2. The van der Waals surface area contributed by atoms with E-state index < -0.39 is 0 Å². The van der Waals surface area contributed by atoms with Gasteiger partial charge in [-0.1, -0.05) is 36.8 Å². The molecule has 2 heteroatoms. The third kappa shape index (κ3) is 5.26. The van der Waals surface area contributed by atoms with Gasteiger partial charge in [0.05, 0.1) is 0 Å². The largest absolute Gasteiger partial charge is 0.313 e. The van der Waals surface area contributed by atoms with Gasteiger partial charge in [-0.2, -0.15) is 0 Å². The van der Waals surface area contributed by atoms with Crippen molar-refractivity contribution >= 4 is 0 Å². The lowest BCUT2D eigenvalue weighted by Gasteiger charge is -2.33. The van der Waals surface area contributed by atoms with E-state index in [-0.39, 0.29) is 0 Å². The van der Waals surface area contributed by atoms with E-state index in [0.717, 1.165) is 6.54 Å². The molecule has 1 aromatic carbocycles. The van der Waals surface area contributed by atoms with Crippen LogP contribution in [0.4, 0.5) is 0 Å².